The molecule has 0 unspecified atom stereocenters. The third kappa shape index (κ3) is 4.79. The van der Waals surface area contributed by atoms with Gasteiger partial charge in [0, 0.05) is 24.7 Å². The molecular formula is C14H21NO4. The quantitative estimate of drug-likeness (QED) is 0.704. The van der Waals surface area contributed by atoms with Crippen LogP contribution in [0.5, 0.6) is 11.5 Å². The maximum Gasteiger partial charge on any atom is 0.306 e. The zero-order valence-corrected chi connectivity index (χ0v) is 11.9. The van der Waals surface area contributed by atoms with Gasteiger partial charge in [0.25, 0.3) is 0 Å². The predicted octanol–water partition coefficient (Wildman–Crippen LogP) is 1.70. The SMILES string of the molecule is COC(=O)CCN(C)Cc1ccc(OC)cc1OC. The normalized spacial score (nSPS) is 10.4. The van der Waals surface area contributed by atoms with Crippen molar-refractivity contribution in [2.24, 2.45) is 0 Å². The fourth-order valence-electron chi connectivity index (χ4n) is 1.74. The van der Waals surface area contributed by atoms with Gasteiger partial charge in [0.2, 0.25) is 0 Å². The molecule has 1 aromatic carbocycles. The third-order valence-corrected chi connectivity index (χ3v) is 2.86. The van der Waals surface area contributed by atoms with E-state index >= 15 is 0 Å². The van der Waals surface area contributed by atoms with Gasteiger partial charge in [0.1, 0.15) is 11.5 Å². The fraction of sp³-hybridized carbons (Fsp3) is 0.500. The Hall–Kier alpha value is -1.75. The van der Waals surface area contributed by atoms with Gasteiger partial charge in [0.15, 0.2) is 0 Å². The summed E-state index contributed by atoms with van der Waals surface area (Å²) in [5.74, 6) is 1.34. The summed E-state index contributed by atoms with van der Waals surface area (Å²) in [5.41, 5.74) is 1.05. The van der Waals surface area contributed by atoms with Crippen molar-refractivity contribution >= 4 is 5.97 Å². The molecule has 0 amide bonds. The first-order valence-electron chi connectivity index (χ1n) is 6.07. The minimum atomic E-state index is -0.200. The van der Waals surface area contributed by atoms with E-state index in [-0.39, 0.29) is 5.97 Å². The monoisotopic (exact) mass is 267 g/mol. The molecule has 0 aliphatic carbocycles. The predicted molar refractivity (Wildman–Crippen MR) is 72.5 cm³/mol. The second-order valence-corrected chi connectivity index (χ2v) is 4.24. The number of nitrogens with zero attached hydrogens (tertiary/aromatic N) is 1. The van der Waals surface area contributed by atoms with Crippen molar-refractivity contribution < 1.29 is 19.0 Å². The van der Waals surface area contributed by atoms with Crippen LogP contribution in [0.1, 0.15) is 12.0 Å². The molecule has 1 aromatic rings. The summed E-state index contributed by atoms with van der Waals surface area (Å²) in [7, 11) is 6.60. The topological polar surface area (TPSA) is 48.0 Å². The van der Waals surface area contributed by atoms with E-state index in [0.717, 1.165) is 17.1 Å². The number of hydrogen-bond donors (Lipinski definition) is 0. The molecule has 5 heteroatoms. The first-order chi connectivity index (χ1) is 9.10. The first kappa shape index (κ1) is 15.3. The average Bonchev–Trinajstić information content (AvgIpc) is 2.45. The van der Waals surface area contributed by atoms with Crippen molar-refractivity contribution in [3.8, 4) is 11.5 Å². The molecule has 0 spiro atoms. The van der Waals surface area contributed by atoms with Gasteiger partial charge in [-0.05, 0) is 13.1 Å². The Balaban J connectivity index is 2.62. The third-order valence-electron chi connectivity index (χ3n) is 2.86. The average molecular weight is 267 g/mol. The van der Waals surface area contributed by atoms with Crippen molar-refractivity contribution in [3.63, 3.8) is 0 Å². The highest BCUT2D eigenvalue weighted by molar-refractivity contribution is 5.69. The molecule has 0 N–H and O–H groups in total. The molecule has 0 atom stereocenters. The smallest absolute Gasteiger partial charge is 0.306 e. The lowest BCUT2D eigenvalue weighted by atomic mass is 10.1. The van der Waals surface area contributed by atoms with E-state index < -0.39 is 0 Å². The Morgan fingerprint density at radius 3 is 2.53 bits per heavy atom. The molecule has 0 fully saturated rings. The van der Waals surface area contributed by atoms with E-state index in [2.05, 4.69) is 4.74 Å². The second-order valence-electron chi connectivity index (χ2n) is 4.24. The van der Waals surface area contributed by atoms with Gasteiger partial charge in [-0.25, -0.2) is 0 Å². The summed E-state index contributed by atoms with van der Waals surface area (Å²) in [5, 5.41) is 0. The van der Waals surface area contributed by atoms with Crippen LogP contribution in [0.25, 0.3) is 0 Å². The first-order valence-corrected chi connectivity index (χ1v) is 6.07. The molecule has 0 bridgehead atoms. The van der Waals surface area contributed by atoms with Gasteiger partial charge in [-0.15, -0.1) is 0 Å². The van der Waals surface area contributed by atoms with Crippen LogP contribution < -0.4 is 9.47 Å². The van der Waals surface area contributed by atoms with E-state index in [1.165, 1.54) is 7.11 Å². The number of methoxy groups -OCH3 is 3. The summed E-state index contributed by atoms with van der Waals surface area (Å²) in [6.07, 6.45) is 0.380. The van der Waals surface area contributed by atoms with Crippen LogP contribution in [0, 0.1) is 0 Å². The van der Waals surface area contributed by atoms with Gasteiger partial charge in [-0.2, -0.15) is 0 Å². The Morgan fingerprint density at radius 2 is 1.95 bits per heavy atom. The van der Waals surface area contributed by atoms with Crippen LogP contribution in [0.4, 0.5) is 0 Å². The van der Waals surface area contributed by atoms with Gasteiger partial charge in [0.05, 0.1) is 27.8 Å². The molecule has 0 heterocycles. The highest BCUT2D eigenvalue weighted by atomic mass is 16.5. The Morgan fingerprint density at radius 1 is 1.21 bits per heavy atom. The van der Waals surface area contributed by atoms with Crippen LogP contribution in [0.2, 0.25) is 0 Å². The van der Waals surface area contributed by atoms with Crippen LogP contribution in [-0.4, -0.2) is 45.8 Å². The zero-order valence-electron chi connectivity index (χ0n) is 11.9. The number of benzene rings is 1. The highest BCUT2D eigenvalue weighted by Gasteiger charge is 2.09. The molecular weight excluding hydrogens is 246 g/mol. The molecule has 106 valence electrons. The van der Waals surface area contributed by atoms with Crippen molar-refractivity contribution in [2.75, 3.05) is 34.9 Å². The van der Waals surface area contributed by atoms with Crippen molar-refractivity contribution in [3.05, 3.63) is 23.8 Å². The van der Waals surface area contributed by atoms with Crippen LogP contribution in [0.3, 0.4) is 0 Å². The van der Waals surface area contributed by atoms with E-state index in [4.69, 9.17) is 9.47 Å². The minimum Gasteiger partial charge on any atom is -0.497 e. The second kappa shape index (κ2) is 7.63. The van der Waals surface area contributed by atoms with Crippen LogP contribution in [0.15, 0.2) is 18.2 Å². The number of carbonyl (C=O) groups excluding carboxylic acids is 1. The number of rotatable bonds is 7. The van der Waals surface area contributed by atoms with Gasteiger partial charge < -0.3 is 19.1 Å². The number of ether oxygens (including phenoxy) is 3. The molecule has 0 saturated heterocycles. The molecule has 0 radical (unpaired) electrons. The van der Waals surface area contributed by atoms with Crippen molar-refractivity contribution in [2.45, 2.75) is 13.0 Å². The number of hydrogen-bond acceptors (Lipinski definition) is 5. The highest BCUT2D eigenvalue weighted by Crippen LogP contribution is 2.25. The molecule has 0 aliphatic heterocycles. The van der Waals surface area contributed by atoms with Crippen LogP contribution in [-0.2, 0) is 16.1 Å². The maximum atomic E-state index is 11.1. The van der Waals surface area contributed by atoms with Gasteiger partial charge in [-0.3, -0.25) is 4.79 Å². The molecule has 5 nitrogen and oxygen atoms in total. The summed E-state index contributed by atoms with van der Waals surface area (Å²) < 4.78 is 15.1. The van der Waals surface area contributed by atoms with Crippen molar-refractivity contribution in [1.82, 2.24) is 4.90 Å². The molecule has 1 rings (SSSR count). The lowest BCUT2D eigenvalue weighted by Gasteiger charge is -2.18. The van der Waals surface area contributed by atoms with E-state index in [1.54, 1.807) is 14.2 Å². The van der Waals surface area contributed by atoms with Gasteiger partial charge in [-0.1, -0.05) is 6.07 Å². The Labute approximate surface area is 114 Å². The molecule has 19 heavy (non-hydrogen) atoms. The Kier molecular flexibility index (Phi) is 6.15. The molecule has 0 saturated carbocycles. The van der Waals surface area contributed by atoms with E-state index in [1.807, 2.05) is 30.1 Å². The standard InChI is InChI=1S/C14H21NO4/c1-15(8-7-14(16)19-4)10-11-5-6-12(17-2)9-13(11)18-3/h5-6,9H,7-8,10H2,1-4H3. The van der Waals surface area contributed by atoms with Gasteiger partial charge >= 0.3 is 5.97 Å². The molecule has 0 aromatic heterocycles. The minimum absolute atomic E-state index is 0.200. The summed E-state index contributed by atoms with van der Waals surface area (Å²) in [6.45, 7) is 1.34. The molecule has 0 aliphatic rings. The lowest BCUT2D eigenvalue weighted by Crippen LogP contribution is -2.22. The number of carbonyl (C=O) groups is 1. The lowest BCUT2D eigenvalue weighted by molar-refractivity contribution is -0.140. The summed E-state index contributed by atoms with van der Waals surface area (Å²) >= 11 is 0. The fourth-order valence-corrected chi connectivity index (χ4v) is 1.74. The van der Waals surface area contributed by atoms with Crippen molar-refractivity contribution in [1.29, 1.82) is 0 Å². The summed E-state index contributed by atoms with van der Waals surface area (Å²) in [4.78, 5) is 13.1. The van der Waals surface area contributed by atoms with Crippen LogP contribution >= 0.6 is 0 Å². The zero-order chi connectivity index (χ0) is 14.3. The van der Waals surface area contributed by atoms with E-state index in [9.17, 15) is 4.79 Å². The largest absolute Gasteiger partial charge is 0.497 e. The summed E-state index contributed by atoms with van der Waals surface area (Å²) in [6, 6.07) is 5.71. The number of esters is 1. The van der Waals surface area contributed by atoms with E-state index in [0.29, 0.717) is 19.5 Å². The Bertz CT molecular complexity index is 420. The maximum absolute atomic E-state index is 11.1.